The van der Waals surface area contributed by atoms with Crippen LogP contribution in [0.1, 0.15) is 55.9 Å². The molecule has 0 aromatic heterocycles. The van der Waals surface area contributed by atoms with Crippen LogP contribution < -0.4 is 0 Å². The maximum absolute atomic E-state index is 5.59. The molecule has 0 spiro atoms. The fourth-order valence-corrected chi connectivity index (χ4v) is 0.687. The minimum atomic E-state index is 0. The largest absolute Gasteiger partial charge is 0.373 e. The fraction of sp³-hybridized carbons (Fsp3) is 1.00. The van der Waals surface area contributed by atoms with Gasteiger partial charge in [0.15, 0.2) is 0 Å². The zero-order chi connectivity index (χ0) is 7.49. The summed E-state index contributed by atoms with van der Waals surface area (Å²) < 4.78 is 5.59. The summed E-state index contributed by atoms with van der Waals surface area (Å²) in [6, 6.07) is 0. The monoisotopic (exact) mass is 162 g/mol. The average Bonchev–Trinajstić information content (AvgIpc) is 1.62. The lowest BCUT2D eigenvalue weighted by atomic mass is 10.2. The van der Waals surface area contributed by atoms with E-state index >= 15 is 0 Å². The molecule has 0 heterocycles. The van der Waals surface area contributed by atoms with E-state index in [-0.39, 0.29) is 20.5 Å². The van der Waals surface area contributed by atoms with Gasteiger partial charge in [-0.05, 0) is 34.1 Å². The molecule has 0 rings (SSSR count). The Labute approximate surface area is 73.1 Å². The van der Waals surface area contributed by atoms with Crippen LogP contribution in [0.25, 0.3) is 0 Å². The Kier molecular flexibility index (Phi) is 10.4. The Morgan fingerprint density at radius 1 is 1.18 bits per heavy atom. The van der Waals surface area contributed by atoms with E-state index in [2.05, 4.69) is 34.6 Å². The molecule has 1 heteroatoms. The second kappa shape index (κ2) is 6.66. The predicted octanol–water partition coefficient (Wildman–Crippen LogP) is 3.87. The van der Waals surface area contributed by atoms with Crippen LogP contribution in [-0.2, 0) is 4.74 Å². The van der Waals surface area contributed by atoms with Crippen LogP contribution in [0.3, 0.4) is 0 Å². The third-order valence-electron chi connectivity index (χ3n) is 1.13. The summed E-state index contributed by atoms with van der Waals surface area (Å²) in [5.74, 6) is 0. The van der Waals surface area contributed by atoms with Crippen molar-refractivity contribution < 1.29 is 4.74 Å². The summed E-state index contributed by atoms with van der Waals surface area (Å²) in [5, 5.41) is 0. The predicted molar refractivity (Wildman–Crippen MR) is 54.1 cm³/mol. The van der Waals surface area contributed by atoms with E-state index in [9.17, 15) is 0 Å². The third kappa shape index (κ3) is 13.0. The topological polar surface area (TPSA) is 9.23 Å². The highest BCUT2D eigenvalue weighted by atomic mass is 16.5. The summed E-state index contributed by atoms with van der Waals surface area (Å²) in [7, 11) is 0. The highest BCUT2D eigenvalue weighted by Gasteiger charge is 2.12. The molecule has 11 heavy (non-hydrogen) atoms. The van der Waals surface area contributed by atoms with Crippen LogP contribution in [0.5, 0.6) is 0 Å². The van der Waals surface area contributed by atoms with Crippen LogP contribution >= 0.6 is 0 Å². The van der Waals surface area contributed by atoms with Crippen molar-refractivity contribution in [3.63, 3.8) is 0 Å². The zero-order valence-electron chi connectivity index (χ0n) is 7.19. The summed E-state index contributed by atoms with van der Waals surface area (Å²) in [6.07, 6.45) is 1.49. The summed E-state index contributed by atoms with van der Waals surface area (Å²) in [4.78, 5) is 0. The van der Waals surface area contributed by atoms with Crippen molar-refractivity contribution in [2.75, 3.05) is 0 Å². The molecule has 0 radical (unpaired) electrons. The highest BCUT2D eigenvalue weighted by Crippen LogP contribution is 2.11. The van der Waals surface area contributed by atoms with E-state index in [1.807, 2.05) is 0 Å². The van der Waals surface area contributed by atoms with E-state index in [4.69, 9.17) is 4.74 Å². The van der Waals surface area contributed by atoms with E-state index < -0.39 is 0 Å². The van der Waals surface area contributed by atoms with E-state index in [0.29, 0.717) is 6.10 Å². The molecule has 0 N–H and O–H groups in total. The minimum Gasteiger partial charge on any atom is -0.373 e. The minimum absolute atomic E-state index is 0. The van der Waals surface area contributed by atoms with Crippen LogP contribution in [0.15, 0.2) is 0 Å². The van der Waals surface area contributed by atoms with Gasteiger partial charge in [0, 0.05) is 0 Å². The summed E-state index contributed by atoms with van der Waals surface area (Å²) in [5.41, 5.74) is 0.0232. The Morgan fingerprint density at radius 2 is 1.55 bits per heavy atom. The van der Waals surface area contributed by atoms with Crippen molar-refractivity contribution >= 4 is 0 Å². The van der Waals surface area contributed by atoms with Crippen molar-refractivity contribution in [3.05, 3.63) is 0 Å². The quantitative estimate of drug-likeness (QED) is 0.599. The maximum atomic E-state index is 5.59. The maximum Gasteiger partial charge on any atom is 0.0602 e. The van der Waals surface area contributed by atoms with Gasteiger partial charge in [0.2, 0.25) is 0 Å². The third-order valence-corrected chi connectivity index (χ3v) is 1.13. The first kappa shape index (κ1) is 17.2. The SMILES string of the molecule is C.C.CCC(C)OC(C)(C)C. The molecular weight excluding hydrogens is 136 g/mol. The van der Waals surface area contributed by atoms with Crippen LogP contribution in [0, 0.1) is 0 Å². The molecule has 0 saturated heterocycles. The lowest BCUT2D eigenvalue weighted by Crippen LogP contribution is -2.24. The normalized spacial score (nSPS) is 12.8. The molecule has 72 valence electrons. The van der Waals surface area contributed by atoms with Gasteiger partial charge >= 0.3 is 0 Å². The van der Waals surface area contributed by atoms with Gasteiger partial charge in [0.25, 0.3) is 0 Å². The summed E-state index contributed by atoms with van der Waals surface area (Å²) >= 11 is 0. The van der Waals surface area contributed by atoms with Crippen molar-refractivity contribution in [3.8, 4) is 0 Å². The van der Waals surface area contributed by atoms with Gasteiger partial charge < -0.3 is 4.74 Å². The zero-order valence-corrected chi connectivity index (χ0v) is 7.19. The van der Waals surface area contributed by atoms with Crippen molar-refractivity contribution in [1.82, 2.24) is 0 Å². The molecule has 1 nitrogen and oxygen atoms in total. The lowest BCUT2D eigenvalue weighted by molar-refractivity contribution is -0.0521. The Bertz CT molecular complexity index is 71.4. The molecule has 0 fully saturated rings. The second-order valence-corrected chi connectivity index (χ2v) is 3.45. The molecule has 0 bridgehead atoms. The van der Waals surface area contributed by atoms with Crippen LogP contribution in [0.2, 0.25) is 0 Å². The molecule has 1 unspecified atom stereocenters. The standard InChI is InChI=1S/C8H18O.2CH4/c1-6-7(2)9-8(3,4)5;;/h7H,6H2,1-5H3;2*1H4. The average molecular weight is 162 g/mol. The highest BCUT2D eigenvalue weighted by molar-refractivity contribution is 4.61. The lowest BCUT2D eigenvalue weighted by Gasteiger charge is -2.23. The van der Waals surface area contributed by atoms with E-state index in [1.165, 1.54) is 0 Å². The molecule has 0 aliphatic heterocycles. The molecule has 0 aromatic carbocycles. The molecule has 0 aromatic rings. The Hall–Kier alpha value is -0.0400. The van der Waals surface area contributed by atoms with Gasteiger partial charge in [0.05, 0.1) is 11.7 Å². The number of ether oxygens (including phenoxy) is 1. The van der Waals surface area contributed by atoms with Crippen LogP contribution in [0.4, 0.5) is 0 Å². The van der Waals surface area contributed by atoms with Gasteiger partial charge in [-0.3, -0.25) is 0 Å². The van der Waals surface area contributed by atoms with Crippen LogP contribution in [-0.4, -0.2) is 11.7 Å². The number of hydrogen-bond acceptors (Lipinski definition) is 1. The molecule has 0 saturated carbocycles. The first-order chi connectivity index (χ1) is 3.95. The van der Waals surface area contributed by atoms with E-state index in [0.717, 1.165) is 6.42 Å². The Morgan fingerprint density at radius 3 is 1.64 bits per heavy atom. The first-order valence-corrected chi connectivity index (χ1v) is 3.63. The molecule has 1 atom stereocenters. The van der Waals surface area contributed by atoms with Gasteiger partial charge in [-0.25, -0.2) is 0 Å². The molecule has 0 aliphatic rings. The smallest absolute Gasteiger partial charge is 0.0602 e. The van der Waals surface area contributed by atoms with Gasteiger partial charge in [-0.15, -0.1) is 0 Å². The molecular formula is C10H26O. The van der Waals surface area contributed by atoms with Crippen molar-refractivity contribution in [2.24, 2.45) is 0 Å². The van der Waals surface area contributed by atoms with Gasteiger partial charge in [-0.1, -0.05) is 21.8 Å². The summed E-state index contributed by atoms with van der Waals surface area (Å²) in [6.45, 7) is 10.5. The first-order valence-electron chi connectivity index (χ1n) is 3.63. The molecule has 0 aliphatic carbocycles. The van der Waals surface area contributed by atoms with Gasteiger partial charge in [-0.2, -0.15) is 0 Å². The van der Waals surface area contributed by atoms with Gasteiger partial charge in [0.1, 0.15) is 0 Å². The van der Waals surface area contributed by atoms with Crippen molar-refractivity contribution in [1.29, 1.82) is 0 Å². The van der Waals surface area contributed by atoms with E-state index in [1.54, 1.807) is 0 Å². The molecule has 0 amide bonds. The van der Waals surface area contributed by atoms with Crippen molar-refractivity contribution in [2.45, 2.75) is 67.6 Å². The number of rotatable bonds is 2. The number of hydrogen-bond donors (Lipinski definition) is 0. The fourth-order valence-electron chi connectivity index (χ4n) is 0.687. The second-order valence-electron chi connectivity index (χ2n) is 3.45. The Balaban J connectivity index is -0.000000320.